The summed E-state index contributed by atoms with van der Waals surface area (Å²) in [5, 5.41) is 3.31. The van der Waals surface area contributed by atoms with Gasteiger partial charge in [-0.1, -0.05) is 19.1 Å². The van der Waals surface area contributed by atoms with Crippen LogP contribution in [0.25, 0.3) is 0 Å². The Kier molecular flexibility index (Phi) is 9.05. The van der Waals surface area contributed by atoms with Crippen molar-refractivity contribution in [3.05, 3.63) is 25.3 Å². The van der Waals surface area contributed by atoms with Crippen LogP contribution in [0.5, 0.6) is 0 Å². The van der Waals surface area contributed by atoms with Gasteiger partial charge in [0.05, 0.1) is 0 Å². The summed E-state index contributed by atoms with van der Waals surface area (Å²) in [6, 6.07) is 0. The van der Waals surface area contributed by atoms with Crippen LogP contribution < -0.4 is 5.32 Å². The minimum atomic E-state index is 0.956. The van der Waals surface area contributed by atoms with Crippen molar-refractivity contribution in [1.29, 1.82) is 0 Å². The Labute approximate surface area is 82.3 Å². The molecule has 0 bridgehead atoms. The molecule has 0 rings (SSSR count). The molecule has 2 nitrogen and oxygen atoms in total. The Bertz CT molecular complexity index is 122. The minimum absolute atomic E-state index is 0.956. The average molecular weight is 182 g/mol. The second-order valence-electron chi connectivity index (χ2n) is 3.04. The fraction of sp³-hybridized carbons (Fsp3) is 0.636. The van der Waals surface area contributed by atoms with Crippen LogP contribution in [0.15, 0.2) is 25.3 Å². The smallest absolute Gasteiger partial charge is 0.0163 e. The monoisotopic (exact) mass is 182 g/mol. The first kappa shape index (κ1) is 12.4. The highest BCUT2D eigenvalue weighted by atomic mass is 15.1. The summed E-state index contributed by atoms with van der Waals surface area (Å²) in [6.07, 6.45) is 5.07. The van der Waals surface area contributed by atoms with Crippen molar-refractivity contribution in [2.45, 2.75) is 13.3 Å². The summed E-state index contributed by atoms with van der Waals surface area (Å²) < 4.78 is 0. The van der Waals surface area contributed by atoms with E-state index in [1.165, 1.54) is 6.42 Å². The summed E-state index contributed by atoms with van der Waals surface area (Å²) in [5.41, 5.74) is 0. The van der Waals surface area contributed by atoms with Gasteiger partial charge in [0, 0.05) is 13.1 Å². The van der Waals surface area contributed by atoms with E-state index in [0.29, 0.717) is 0 Å². The molecule has 0 atom stereocenters. The maximum absolute atomic E-state index is 3.74. The highest BCUT2D eigenvalue weighted by Gasteiger charge is 1.98. The van der Waals surface area contributed by atoms with Crippen molar-refractivity contribution in [3.63, 3.8) is 0 Å². The van der Waals surface area contributed by atoms with E-state index in [9.17, 15) is 0 Å². The van der Waals surface area contributed by atoms with Crippen LogP contribution in [-0.4, -0.2) is 37.6 Å². The molecular weight excluding hydrogens is 160 g/mol. The molecule has 0 aliphatic rings. The molecule has 1 N–H and O–H groups in total. The molecule has 13 heavy (non-hydrogen) atoms. The van der Waals surface area contributed by atoms with Gasteiger partial charge in [0.1, 0.15) is 0 Å². The van der Waals surface area contributed by atoms with E-state index < -0.39 is 0 Å². The molecule has 2 heteroatoms. The van der Waals surface area contributed by atoms with Gasteiger partial charge >= 0.3 is 0 Å². The summed E-state index contributed by atoms with van der Waals surface area (Å²) in [4.78, 5) is 2.33. The molecule has 0 heterocycles. The Morgan fingerprint density at radius 2 is 1.85 bits per heavy atom. The second-order valence-corrected chi connectivity index (χ2v) is 3.04. The van der Waals surface area contributed by atoms with Crippen LogP contribution in [0.4, 0.5) is 0 Å². The molecule has 0 aromatic heterocycles. The molecule has 0 unspecified atom stereocenters. The lowest BCUT2D eigenvalue weighted by atomic mass is 10.3. The largest absolute Gasteiger partial charge is 0.317 e. The Balaban J connectivity index is 3.43. The van der Waals surface area contributed by atoms with Crippen molar-refractivity contribution in [1.82, 2.24) is 10.2 Å². The molecular formula is C11H22N2. The highest BCUT2D eigenvalue weighted by Crippen LogP contribution is 1.91. The zero-order valence-electron chi connectivity index (χ0n) is 8.76. The predicted molar refractivity (Wildman–Crippen MR) is 60.0 cm³/mol. The van der Waals surface area contributed by atoms with E-state index in [0.717, 1.165) is 32.7 Å². The molecule has 0 radical (unpaired) electrons. The fourth-order valence-corrected chi connectivity index (χ4v) is 1.23. The van der Waals surface area contributed by atoms with Crippen LogP contribution in [0.3, 0.4) is 0 Å². The third-order valence-corrected chi connectivity index (χ3v) is 1.85. The number of nitrogens with zero attached hydrogens (tertiary/aromatic N) is 1. The molecule has 0 fully saturated rings. The van der Waals surface area contributed by atoms with Gasteiger partial charge in [0.15, 0.2) is 0 Å². The Hall–Kier alpha value is -0.600. The van der Waals surface area contributed by atoms with Gasteiger partial charge in [-0.05, 0) is 26.1 Å². The molecule has 0 saturated carbocycles. The van der Waals surface area contributed by atoms with Gasteiger partial charge in [0.25, 0.3) is 0 Å². The summed E-state index contributed by atoms with van der Waals surface area (Å²) in [6.45, 7) is 14.8. The third kappa shape index (κ3) is 7.75. The SMILES string of the molecule is C=CCN(CC=C)CCCNCC. The lowest BCUT2D eigenvalue weighted by Crippen LogP contribution is -2.27. The third-order valence-electron chi connectivity index (χ3n) is 1.85. The zero-order valence-corrected chi connectivity index (χ0v) is 8.76. The molecule has 0 aromatic rings. The van der Waals surface area contributed by atoms with Crippen LogP contribution in [0, 0.1) is 0 Å². The van der Waals surface area contributed by atoms with Crippen molar-refractivity contribution >= 4 is 0 Å². The van der Waals surface area contributed by atoms with Gasteiger partial charge in [0.2, 0.25) is 0 Å². The fourth-order valence-electron chi connectivity index (χ4n) is 1.23. The topological polar surface area (TPSA) is 15.3 Å². The number of rotatable bonds is 9. The van der Waals surface area contributed by atoms with E-state index in [1.807, 2.05) is 12.2 Å². The van der Waals surface area contributed by atoms with E-state index in [4.69, 9.17) is 0 Å². The van der Waals surface area contributed by atoms with Crippen LogP contribution in [0.2, 0.25) is 0 Å². The van der Waals surface area contributed by atoms with E-state index in [-0.39, 0.29) is 0 Å². The van der Waals surface area contributed by atoms with Crippen LogP contribution in [0.1, 0.15) is 13.3 Å². The van der Waals surface area contributed by atoms with Crippen molar-refractivity contribution in [2.75, 3.05) is 32.7 Å². The van der Waals surface area contributed by atoms with Crippen molar-refractivity contribution in [2.24, 2.45) is 0 Å². The minimum Gasteiger partial charge on any atom is -0.317 e. The summed E-state index contributed by atoms with van der Waals surface area (Å²) in [5.74, 6) is 0. The Morgan fingerprint density at radius 1 is 1.23 bits per heavy atom. The summed E-state index contributed by atoms with van der Waals surface area (Å²) in [7, 11) is 0. The van der Waals surface area contributed by atoms with Gasteiger partial charge in [-0.15, -0.1) is 13.2 Å². The molecule has 0 aliphatic heterocycles. The van der Waals surface area contributed by atoms with Crippen LogP contribution >= 0.6 is 0 Å². The molecule has 0 aromatic carbocycles. The number of nitrogens with one attached hydrogen (secondary N) is 1. The number of hydrogen-bond donors (Lipinski definition) is 1. The molecule has 0 spiro atoms. The second kappa shape index (κ2) is 9.49. The van der Waals surface area contributed by atoms with Crippen molar-refractivity contribution < 1.29 is 0 Å². The zero-order chi connectivity index (χ0) is 9.94. The predicted octanol–water partition coefficient (Wildman–Crippen LogP) is 1.66. The maximum Gasteiger partial charge on any atom is 0.0163 e. The standard InChI is InChI=1S/C11H22N2/c1-4-9-13(10-5-2)11-7-8-12-6-3/h4-5,12H,1-2,6-11H2,3H3. The normalized spacial score (nSPS) is 10.3. The quantitative estimate of drug-likeness (QED) is 0.431. The molecule has 76 valence electrons. The van der Waals surface area contributed by atoms with Crippen LogP contribution in [-0.2, 0) is 0 Å². The van der Waals surface area contributed by atoms with Crippen molar-refractivity contribution in [3.8, 4) is 0 Å². The van der Waals surface area contributed by atoms with Gasteiger partial charge < -0.3 is 5.32 Å². The highest BCUT2D eigenvalue weighted by molar-refractivity contribution is 4.79. The van der Waals surface area contributed by atoms with E-state index in [2.05, 4.69) is 30.3 Å². The first-order valence-corrected chi connectivity index (χ1v) is 5.00. The average Bonchev–Trinajstić information content (AvgIpc) is 2.13. The first-order chi connectivity index (χ1) is 6.35. The van der Waals surface area contributed by atoms with Gasteiger partial charge in [-0.2, -0.15) is 0 Å². The maximum atomic E-state index is 3.74. The molecule has 0 amide bonds. The lowest BCUT2D eigenvalue weighted by molar-refractivity contribution is 0.328. The van der Waals surface area contributed by atoms with E-state index >= 15 is 0 Å². The lowest BCUT2D eigenvalue weighted by Gasteiger charge is -2.18. The first-order valence-electron chi connectivity index (χ1n) is 5.00. The number of hydrogen-bond acceptors (Lipinski definition) is 2. The van der Waals surface area contributed by atoms with Gasteiger partial charge in [-0.3, -0.25) is 4.90 Å². The summed E-state index contributed by atoms with van der Waals surface area (Å²) >= 11 is 0. The molecule has 0 aliphatic carbocycles. The van der Waals surface area contributed by atoms with E-state index in [1.54, 1.807) is 0 Å². The molecule has 0 saturated heterocycles. The Morgan fingerprint density at radius 3 is 2.31 bits per heavy atom. The van der Waals surface area contributed by atoms with Gasteiger partial charge in [-0.25, -0.2) is 0 Å².